The van der Waals surface area contributed by atoms with E-state index >= 15 is 0 Å². The third kappa shape index (κ3) is 4.06. The molecular formula is C18H18N2O2. The van der Waals surface area contributed by atoms with E-state index in [0.29, 0.717) is 5.69 Å². The molecule has 2 aromatic carbocycles. The second-order valence-corrected chi connectivity index (χ2v) is 4.47. The summed E-state index contributed by atoms with van der Waals surface area (Å²) in [5.41, 5.74) is 1.65. The molecule has 4 heteroatoms. The minimum absolute atomic E-state index is 0.216. The van der Waals surface area contributed by atoms with Crippen LogP contribution in [-0.4, -0.2) is 19.2 Å². The number of ether oxygens (including phenoxy) is 1. The molecule has 0 aliphatic rings. The maximum absolute atomic E-state index is 12.4. The fourth-order valence-electron chi connectivity index (χ4n) is 1.89. The zero-order valence-electron chi connectivity index (χ0n) is 12.6. The molecule has 0 saturated carbocycles. The third-order valence-electron chi connectivity index (χ3n) is 2.97. The fraction of sp³-hybridized carbons (Fsp3) is 0.111. The predicted octanol–water partition coefficient (Wildman–Crippen LogP) is 3.75. The standard InChI is InChI=1S/C18H18N2O2/c1-3-19-20(16-10-12-17(22-2)13-11-16)18(21)14-9-15-7-5-4-6-8-15/h3-14H,1-2H3. The average molecular weight is 294 g/mol. The summed E-state index contributed by atoms with van der Waals surface area (Å²) in [5, 5.41) is 5.47. The summed E-state index contributed by atoms with van der Waals surface area (Å²) in [6, 6.07) is 16.8. The zero-order chi connectivity index (χ0) is 15.8. The molecule has 2 rings (SSSR count). The molecule has 0 aliphatic heterocycles. The van der Waals surface area contributed by atoms with E-state index in [9.17, 15) is 4.79 Å². The number of hydrogen-bond acceptors (Lipinski definition) is 3. The lowest BCUT2D eigenvalue weighted by atomic mass is 10.2. The minimum atomic E-state index is -0.216. The molecular weight excluding hydrogens is 276 g/mol. The topological polar surface area (TPSA) is 41.9 Å². The summed E-state index contributed by atoms with van der Waals surface area (Å²) in [7, 11) is 1.60. The van der Waals surface area contributed by atoms with Crippen molar-refractivity contribution in [2.45, 2.75) is 6.92 Å². The molecule has 0 saturated heterocycles. The lowest BCUT2D eigenvalue weighted by Gasteiger charge is -2.15. The first kappa shape index (κ1) is 15.5. The molecule has 0 N–H and O–H groups in total. The normalized spacial score (nSPS) is 11.0. The maximum Gasteiger partial charge on any atom is 0.271 e. The van der Waals surface area contributed by atoms with Gasteiger partial charge in [0.2, 0.25) is 0 Å². The molecule has 0 fully saturated rings. The number of carbonyl (C=O) groups is 1. The highest BCUT2D eigenvalue weighted by atomic mass is 16.5. The molecule has 22 heavy (non-hydrogen) atoms. The van der Waals surface area contributed by atoms with Crippen molar-refractivity contribution < 1.29 is 9.53 Å². The van der Waals surface area contributed by atoms with E-state index in [0.717, 1.165) is 11.3 Å². The highest BCUT2D eigenvalue weighted by Gasteiger charge is 2.11. The van der Waals surface area contributed by atoms with Crippen molar-refractivity contribution in [1.82, 2.24) is 0 Å². The summed E-state index contributed by atoms with van der Waals surface area (Å²) in [4.78, 5) is 12.4. The average Bonchev–Trinajstić information content (AvgIpc) is 2.58. The Morgan fingerprint density at radius 1 is 1.09 bits per heavy atom. The van der Waals surface area contributed by atoms with Crippen LogP contribution in [0.25, 0.3) is 6.08 Å². The number of anilines is 1. The van der Waals surface area contributed by atoms with Gasteiger partial charge < -0.3 is 4.74 Å². The van der Waals surface area contributed by atoms with Crippen LogP contribution in [0.3, 0.4) is 0 Å². The van der Waals surface area contributed by atoms with Crippen LogP contribution in [0.1, 0.15) is 12.5 Å². The van der Waals surface area contributed by atoms with E-state index < -0.39 is 0 Å². The van der Waals surface area contributed by atoms with E-state index in [1.165, 1.54) is 11.1 Å². The Bertz CT molecular complexity index is 661. The first-order valence-corrected chi connectivity index (χ1v) is 6.94. The highest BCUT2D eigenvalue weighted by Crippen LogP contribution is 2.20. The van der Waals surface area contributed by atoms with Crippen molar-refractivity contribution >= 4 is 23.9 Å². The molecule has 0 bridgehead atoms. The zero-order valence-corrected chi connectivity index (χ0v) is 12.6. The van der Waals surface area contributed by atoms with E-state index in [1.807, 2.05) is 30.3 Å². The summed E-state index contributed by atoms with van der Waals surface area (Å²) in [5.74, 6) is 0.517. The Morgan fingerprint density at radius 3 is 2.36 bits per heavy atom. The molecule has 0 aliphatic carbocycles. The molecule has 0 atom stereocenters. The number of rotatable bonds is 5. The van der Waals surface area contributed by atoms with Crippen LogP contribution in [0.15, 0.2) is 65.8 Å². The van der Waals surface area contributed by atoms with Gasteiger partial charge in [-0.25, -0.2) is 0 Å². The SMILES string of the molecule is CC=NN(C(=O)C=Cc1ccccc1)c1ccc(OC)cc1. The van der Waals surface area contributed by atoms with Gasteiger partial charge in [-0.05, 0) is 42.8 Å². The molecule has 0 spiro atoms. The van der Waals surface area contributed by atoms with Gasteiger partial charge in [0.1, 0.15) is 5.75 Å². The predicted molar refractivity (Wildman–Crippen MR) is 90.1 cm³/mol. The van der Waals surface area contributed by atoms with Crippen LogP contribution >= 0.6 is 0 Å². The van der Waals surface area contributed by atoms with Crippen LogP contribution < -0.4 is 9.75 Å². The van der Waals surface area contributed by atoms with Crippen LogP contribution in [0.4, 0.5) is 5.69 Å². The van der Waals surface area contributed by atoms with Gasteiger partial charge in [0.15, 0.2) is 0 Å². The minimum Gasteiger partial charge on any atom is -0.497 e. The second kappa shape index (κ2) is 7.78. The Balaban J connectivity index is 2.19. The largest absolute Gasteiger partial charge is 0.497 e. The summed E-state index contributed by atoms with van der Waals surface area (Å²) >= 11 is 0. The molecule has 112 valence electrons. The molecule has 0 unspecified atom stereocenters. The second-order valence-electron chi connectivity index (χ2n) is 4.47. The Morgan fingerprint density at radius 2 is 1.77 bits per heavy atom. The Labute approximate surface area is 130 Å². The number of amides is 1. The molecule has 0 radical (unpaired) electrons. The van der Waals surface area contributed by atoms with Crippen molar-refractivity contribution in [3.05, 3.63) is 66.2 Å². The van der Waals surface area contributed by atoms with E-state index in [-0.39, 0.29) is 5.91 Å². The van der Waals surface area contributed by atoms with Crippen molar-refractivity contribution in [2.75, 3.05) is 12.1 Å². The number of benzene rings is 2. The van der Waals surface area contributed by atoms with Crippen molar-refractivity contribution in [1.29, 1.82) is 0 Å². The van der Waals surface area contributed by atoms with Gasteiger partial charge in [-0.3, -0.25) is 4.79 Å². The van der Waals surface area contributed by atoms with Crippen LogP contribution in [0.2, 0.25) is 0 Å². The van der Waals surface area contributed by atoms with Gasteiger partial charge in [0.05, 0.1) is 12.8 Å². The summed E-state index contributed by atoms with van der Waals surface area (Å²) in [6.07, 6.45) is 4.86. The van der Waals surface area contributed by atoms with E-state index in [4.69, 9.17) is 4.74 Å². The summed E-state index contributed by atoms with van der Waals surface area (Å²) < 4.78 is 5.12. The first-order chi connectivity index (χ1) is 10.7. The number of methoxy groups -OCH3 is 1. The smallest absolute Gasteiger partial charge is 0.271 e. The van der Waals surface area contributed by atoms with Crippen LogP contribution in [-0.2, 0) is 4.79 Å². The van der Waals surface area contributed by atoms with Gasteiger partial charge in [0.25, 0.3) is 5.91 Å². The van der Waals surface area contributed by atoms with E-state index in [1.54, 1.807) is 50.6 Å². The van der Waals surface area contributed by atoms with Gasteiger partial charge in [-0.15, -0.1) is 0 Å². The fourth-order valence-corrected chi connectivity index (χ4v) is 1.89. The first-order valence-electron chi connectivity index (χ1n) is 6.94. The quantitative estimate of drug-likeness (QED) is 0.479. The van der Waals surface area contributed by atoms with E-state index in [2.05, 4.69) is 5.10 Å². The third-order valence-corrected chi connectivity index (χ3v) is 2.97. The van der Waals surface area contributed by atoms with Crippen LogP contribution in [0, 0.1) is 0 Å². The lowest BCUT2D eigenvalue weighted by molar-refractivity contribution is -0.114. The van der Waals surface area contributed by atoms with Crippen LogP contribution in [0.5, 0.6) is 5.75 Å². The maximum atomic E-state index is 12.4. The van der Waals surface area contributed by atoms with Gasteiger partial charge in [-0.1, -0.05) is 30.3 Å². The van der Waals surface area contributed by atoms with Gasteiger partial charge in [0, 0.05) is 12.3 Å². The molecule has 2 aromatic rings. The number of hydrogen-bond donors (Lipinski definition) is 0. The number of carbonyl (C=O) groups excluding carboxylic acids is 1. The van der Waals surface area contributed by atoms with Gasteiger partial charge >= 0.3 is 0 Å². The molecule has 4 nitrogen and oxygen atoms in total. The lowest BCUT2D eigenvalue weighted by Crippen LogP contribution is -2.23. The van der Waals surface area contributed by atoms with Crippen molar-refractivity contribution in [3.63, 3.8) is 0 Å². The Hall–Kier alpha value is -2.88. The van der Waals surface area contributed by atoms with Crippen molar-refractivity contribution in [3.8, 4) is 5.75 Å². The number of nitrogens with zero attached hydrogens (tertiary/aromatic N) is 2. The molecule has 1 amide bonds. The number of hydrazone groups is 1. The Kier molecular flexibility index (Phi) is 5.49. The van der Waals surface area contributed by atoms with Gasteiger partial charge in [-0.2, -0.15) is 10.1 Å². The highest BCUT2D eigenvalue weighted by molar-refractivity contribution is 6.03. The molecule has 0 heterocycles. The molecule has 0 aromatic heterocycles. The van der Waals surface area contributed by atoms with Crippen molar-refractivity contribution in [2.24, 2.45) is 5.10 Å². The monoisotopic (exact) mass is 294 g/mol. The summed E-state index contributed by atoms with van der Waals surface area (Å²) in [6.45, 7) is 1.77.